The van der Waals surface area contributed by atoms with Crippen molar-refractivity contribution in [3.63, 3.8) is 0 Å². The lowest BCUT2D eigenvalue weighted by molar-refractivity contribution is 0.175. The molecule has 1 aromatic carbocycles. The van der Waals surface area contributed by atoms with E-state index in [0.717, 1.165) is 45.5 Å². The average molecular weight is 328 g/mol. The van der Waals surface area contributed by atoms with Crippen LogP contribution < -0.4 is 15.2 Å². The van der Waals surface area contributed by atoms with Crippen LogP contribution in [0.5, 0.6) is 11.5 Å². The highest BCUT2D eigenvalue weighted by atomic mass is 79.9. The van der Waals surface area contributed by atoms with Crippen LogP contribution in [0.4, 0.5) is 0 Å². The van der Waals surface area contributed by atoms with Crippen molar-refractivity contribution in [2.24, 2.45) is 5.73 Å². The zero-order valence-corrected chi connectivity index (χ0v) is 12.7. The van der Waals surface area contributed by atoms with Crippen LogP contribution in [0.15, 0.2) is 4.47 Å². The molecule has 2 aliphatic rings. The molecular formula is C14H18BrNO3. The van der Waals surface area contributed by atoms with Crippen molar-refractivity contribution in [2.45, 2.75) is 45.0 Å². The molecule has 104 valence electrons. The fourth-order valence-corrected chi connectivity index (χ4v) is 3.64. The van der Waals surface area contributed by atoms with Gasteiger partial charge in [-0.15, -0.1) is 0 Å². The van der Waals surface area contributed by atoms with Crippen LogP contribution in [0.3, 0.4) is 0 Å². The Hall–Kier alpha value is -0.780. The Bertz CT molecular complexity index is 493. The van der Waals surface area contributed by atoms with E-state index in [1.54, 1.807) is 0 Å². The van der Waals surface area contributed by atoms with Gasteiger partial charge in [0.05, 0.1) is 10.6 Å². The largest absolute Gasteiger partial charge is 0.490 e. The summed E-state index contributed by atoms with van der Waals surface area (Å²) >= 11 is 3.63. The number of nitrogens with two attached hydrogens (primary N) is 1. The third-order valence-electron chi connectivity index (χ3n) is 3.76. The van der Waals surface area contributed by atoms with Crippen LogP contribution in [0.25, 0.3) is 0 Å². The van der Waals surface area contributed by atoms with Gasteiger partial charge >= 0.3 is 0 Å². The standard InChI is InChI=1S/C14H18BrNO3/c1-6-3-8-11(10(17)5-16)13-9(4-7(2)18-13)12(15)14(8)19-6/h6-7,10,17H,3-5,16H2,1-2H3. The number of halogens is 1. The van der Waals surface area contributed by atoms with Crippen LogP contribution in [0, 0.1) is 0 Å². The maximum absolute atomic E-state index is 10.2. The van der Waals surface area contributed by atoms with Gasteiger partial charge in [0.1, 0.15) is 23.7 Å². The number of rotatable bonds is 2. The molecule has 0 bridgehead atoms. The van der Waals surface area contributed by atoms with Gasteiger partial charge in [0.15, 0.2) is 0 Å². The summed E-state index contributed by atoms with van der Waals surface area (Å²) in [6.07, 6.45) is 1.15. The van der Waals surface area contributed by atoms with Crippen LogP contribution in [0.1, 0.15) is 36.6 Å². The third kappa shape index (κ3) is 1.95. The Kier molecular flexibility index (Phi) is 3.23. The number of aliphatic hydroxyl groups is 1. The molecule has 3 N–H and O–H groups in total. The quantitative estimate of drug-likeness (QED) is 0.873. The topological polar surface area (TPSA) is 64.7 Å². The molecule has 3 atom stereocenters. The van der Waals surface area contributed by atoms with Gasteiger partial charge in [-0.05, 0) is 29.8 Å². The van der Waals surface area contributed by atoms with Crippen molar-refractivity contribution in [1.82, 2.24) is 0 Å². The monoisotopic (exact) mass is 327 g/mol. The summed E-state index contributed by atoms with van der Waals surface area (Å²) in [5, 5.41) is 10.2. The van der Waals surface area contributed by atoms with Crippen molar-refractivity contribution in [3.8, 4) is 11.5 Å². The normalized spacial score (nSPS) is 25.5. The minimum atomic E-state index is -0.699. The zero-order chi connectivity index (χ0) is 13.7. The number of benzene rings is 1. The van der Waals surface area contributed by atoms with Gasteiger partial charge in [0.25, 0.3) is 0 Å². The Balaban J connectivity index is 2.23. The van der Waals surface area contributed by atoms with Gasteiger partial charge in [-0.25, -0.2) is 0 Å². The summed E-state index contributed by atoms with van der Waals surface area (Å²) in [7, 11) is 0. The zero-order valence-electron chi connectivity index (χ0n) is 11.1. The second-order valence-electron chi connectivity index (χ2n) is 5.36. The summed E-state index contributed by atoms with van der Waals surface area (Å²) in [5.74, 6) is 1.65. The molecule has 0 saturated heterocycles. The first kappa shape index (κ1) is 13.2. The van der Waals surface area contributed by atoms with Gasteiger partial charge in [0, 0.05) is 36.1 Å². The highest BCUT2D eigenvalue weighted by molar-refractivity contribution is 9.10. The first-order chi connectivity index (χ1) is 9.02. The molecule has 19 heavy (non-hydrogen) atoms. The van der Waals surface area contributed by atoms with E-state index in [4.69, 9.17) is 15.2 Å². The van der Waals surface area contributed by atoms with Crippen molar-refractivity contribution in [2.75, 3.05) is 6.54 Å². The summed E-state index contributed by atoms with van der Waals surface area (Å²) in [5.41, 5.74) is 8.58. The molecule has 1 aromatic rings. The van der Waals surface area contributed by atoms with Crippen LogP contribution in [-0.2, 0) is 12.8 Å². The van der Waals surface area contributed by atoms with Gasteiger partial charge in [0.2, 0.25) is 0 Å². The van der Waals surface area contributed by atoms with Gasteiger partial charge in [-0.3, -0.25) is 0 Å². The van der Waals surface area contributed by atoms with E-state index < -0.39 is 6.10 Å². The fraction of sp³-hybridized carbons (Fsp3) is 0.571. The lowest BCUT2D eigenvalue weighted by Crippen LogP contribution is -2.15. The van der Waals surface area contributed by atoms with Crippen LogP contribution >= 0.6 is 15.9 Å². The Morgan fingerprint density at radius 3 is 2.42 bits per heavy atom. The van der Waals surface area contributed by atoms with E-state index in [1.807, 2.05) is 13.8 Å². The summed E-state index contributed by atoms with van der Waals surface area (Å²) < 4.78 is 12.8. The molecule has 0 aliphatic carbocycles. The maximum atomic E-state index is 10.2. The first-order valence-corrected chi connectivity index (χ1v) is 7.40. The molecule has 2 aliphatic heterocycles. The van der Waals surface area contributed by atoms with Gasteiger partial charge in [-0.1, -0.05) is 0 Å². The van der Waals surface area contributed by atoms with E-state index in [2.05, 4.69) is 15.9 Å². The number of hydrogen-bond acceptors (Lipinski definition) is 4. The predicted octanol–water partition coefficient (Wildman–Crippen LogP) is 2.09. The lowest BCUT2D eigenvalue weighted by atomic mass is 9.94. The van der Waals surface area contributed by atoms with Crippen LogP contribution in [0.2, 0.25) is 0 Å². The Labute approximate surface area is 121 Å². The molecule has 4 nitrogen and oxygen atoms in total. The van der Waals surface area contributed by atoms with Crippen molar-refractivity contribution in [1.29, 1.82) is 0 Å². The number of hydrogen-bond donors (Lipinski definition) is 2. The third-order valence-corrected chi connectivity index (χ3v) is 4.60. The van der Waals surface area contributed by atoms with E-state index >= 15 is 0 Å². The number of fused-ring (bicyclic) bond motifs is 2. The lowest BCUT2D eigenvalue weighted by Gasteiger charge is -2.18. The molecule has 2 heterocycles. The molecule has 0 aromatic heterocycles. The fourth-order valence-electron chi connectivity index (χ4n) is 2.96. The second kappa shape index (κ2) is 4.65. The minimum Gasteiger partial charge on any atom is -0.490 e. The molecule has 0 fully saturated rings. The summed E-state index contributed by atoms with van der Waals surface area (Å²) in [6.45, 7) is 4.24. The van der Waals surface area contributed by atoms with E-state index in [1.165, 1.54) is 0 Å². The van der Waals surface area contributed by atoms with E-state index in [9.17, 15) is 5.11 Å². The minimum absolute atomic E-state index is 0.120. The molecule has 5 heteroatoms. The second-order valence-corrected chi connectivity index (χ2v) is 6.15. The highest BCUT2D eigenvalue weighted by Gasteiger charge is 2.36. The Morgan fingerprint density at radius 2 is 1.79 bits per heavy atom. The van der Waals surface area contributed by atoms with Gasteiger partial charge < -0.3 is 20.3 Å². The maximum Gasteiger partial charge on any atom is 0.138 e. The predicted molar refractivity (Wildman–Crippen MR) is 75.7 cm³/mol. The molecule has 3 rings (SSSR count). The number of aliphatic hydroxyl groups excluding tert-OH is 1. The highest BCUT2D eigenvalue weighted by Crippen LogP contribution is 2.50. The molecule has 0 saturated carbocycles. The SMILES string of the molecule is CC1Cc2c(c(Br)c3c(c2C(O)CN)OC(C)C3)O1. The Morgan fingerprint density at radius 1 is 1.21 bits per heavy atom. The van der Waals surface area contributed by atoms with Crippen molar-refractivity contribution >= 4 is 15.9 Å². The number of ether oxygens (including phenoxy) is 2. The smallest absolute Gasteiger partial charge is 0.138 e. The first-order valence-electron chi connectivity index (χ1n) is 6.61. The summed E-state index contributed by atoms with van der Waals surface area (Å²) in [4.78, 5) is 0. The average Bonchev–Trinajstić information content (AvgIpc) is 2.92. The van der Waals surface area contributed by atoms with Crippen LogP contribution in [-0.4, -0.2) is 23.9 Å². The van der Waals surface area contributed by atoms with E-state index in [0.29, 0.717) is 0 Å². The van der Waals surface area contributed by atoms with Crippen molar-refractivity contribution < 1.29 is 14.6 Å². The molecule has 0 spiro atoms. The van der Waals surface area contributed by atoms with Gasteiger partial charge in [-0.2, -0.15) is 0 Å². The molecular weight excluding hydrogens is 310 g/mol. The molecule has 0 amide bonds. The molecule has 0 radical (unpaired) electrons. The summed E-state index contributed by atoms with van der Waals surface area (Å²) in [6, 6.07) is 0. The van der Waals surface area contributed by atoms with E-state index in [-0.39, 0.29) is 18.8 Å². The van der Waals surface area contributed by atoms with Crippen molar-refractivity contribution in [3.05, 3.63) is 21.2 Å². The molecule has 3 unspecified atom stereocenters.